The number of hydrogen-bond acceptors (Lipinski definition) is 4. The quantitative estimate of drug-likeness (QED) is 0.440. The topological polar surface area (TPSA) is 45.5 Å². The Morgan fingerprint density at radius 3 is 2.35 bits per heavy atom. The summed E-state index contributed by atoms with van der Waals surface area (Å²) < 4.78 is 5.97. The zero-order valence-corrected chi connectivity index (χ0v) is 21.1. The fourth-order valence-corrected chi connectivity index (χ4v) is 3.62. The monoisotopic (exact) mass is 468 g/mol. The Morgan fingerprint density at radius 1 is 1.13 bits per heavy atom. The summed E-state index contributed by atoms with van der Waals surface area (Å²) in [6, 6.07) is 10.2. The number of carbonyl (C=O) groups excluding carboxylic acids is 1. The van der Waals surface area contributed by atoms with Gasteiger partial charge in [0.25, 0.3) is 0 Å². The highest BCUT2D eigenvalue weighted by molar-refractivity contribution is 6.42. The summed E-state index contributed by atoms with van der Waals surface area (Å²) in [5, 5.41) is 4.75. The molecule has 0 atom stereocenters. The molecule has 4 nitrogen and oxygen atoms in total. The maximum atomic E-state index is 8.81. The highest BCUT2D eigenvalue weighted by atomic mass is 35.5. The molecular formula is C25H38Cl2N2O2. The van der Waals surface area contributed by atoms with Crippen LogP contribution in [-0.4, -0.2) is 36.9 Å². The van der Waals surface area contributed by atoms with Gasteiger partial charge in [0.15, 0.2) is 0 Å². The van der Waals surface area contributed by atoms with Crippen molar-refractivity contribution >= 4 is 29.5 Å². The van der Waals surface area contributed by atoms with Crippen molar-refractivity contribution in [2.24, 2.45) is 5.92 Å². The number of nitrogens with one attached hydrogen (secondary N) is 1. The second-order valence-corrected chi connectivity index (χ2v) is 8.62. The van der Waals surface area contributed by atoms with Crippen molar-refractivity contribution in [3.8, 4) is 11.3 Å². The lowest BCUT2D eigenvalue weighted by Crippen LogP contribution is -2.42. The zero-order valence-electron chi connectivity index (χ0n) is 19.6. The molecule has 3 rings (SSSR count). The van der Waals surface area contributed by atoms with E-state index in [1.165, 1.54) is 45.8 Å². The minimum atomic E-state index is 0.546. The molecule has 2 heterocycles. The number of carbonyl (C=O) groups is 1. The number of rotatable bonds is 7. The summed E-state index contributed by atoms with van der Waals surface area (Å²) in [7, 11) is 0. The first kappa shape index (κ1) is 27.7. The second-order valence-electron chi connectivity index (χ2n) is 7.81. The fraction of sp³-hybridized carbons (Fsp3) is 0.560. The van der Waals surface area contributed by atoms with Crippen LogP contribution in [-0.2, 0) is 11.3 Å². The Hall–Kier alpha value is -1.33. The van der Waals surface area contributed by atoms with Gasteiger partial charge in [-0.3, -0.25) is 0 Å². The van der Waals surface area contributed by atoms with Crippen molar-refractivity contribution in [1.82, 2.24) is 10.2 Å². The molecule has 1 aromatic heterocycles. The van der Waals surface area contributed by atoms with Crippen LogP contribution in [0.3, 0.4) is 0 Å². The third kappa shape index (κ3) is 10.2. The van der Waals surface area contributed by atoms with Gasteiger partial charge in [-0.25, -0.2) is 0 Å². The number of nitrogens with zero attached hydrogens (tertiary/aromatic N) is 1. The molecule has 0 radical (unpaired) electrons. The van der Waals surface area contributed by atoms with Crippen molar-refractivity contribution in [2.45, 2.75) is 66.5 Å². The van der Waals surface area contributed by atoms with Crippen LogP contribution in [0, 0.1) is 5.92 Å². The highest BCUT2D eigenvalue weighted by Gasteiger charge is 2.19. The van der Waals surface area contributed by atoms with E-state index in [1.54, 1.807) is 6.07 Å². The third-order valence-electron chi connectivity index (χ3n) is 5.04. The summed E-state index contributed by atoms with van der Waals surface area (Å²) in [5.41, 5.74) is 0.948. The van der Waals surface area contributed by atoms with Crippen LogP contribution in [0.25, 0.3) is 11.3 Å². The molecule has 0 unspecified atom stereocenters. The normalized spacial score (nSPS) is 14.5. The zero-order chi connectivity index (χ0) is 23.2. The predicted molar refractivity (Wildman–Crippen MR) is 133 cm³/mol. The molecule has 1 aliphatic rings. The minimum absolute atomic E-state index is 0.546. The molecule has 1 aliphatic heterocycles. The summed E-state index contributed by atoms with van der Waals surface area (Å²) >= 11 is 12.1. The Bertz CT molecular complexity index is 754. The van der Waals surface area contributed by atoms with Crippen LogP contribution in [0.1, 0.15) is 59.6 Å². The Labute approximate surface area is 198 Å². The molecule has 174 valence electrons. The number of piperidine rings is 1. The van der Waals surface area contributed by atoms with Crippen molar-refractivity contribution in [3.63, 3.8) is 0 Å². The molecule has 6 heteroatoms. The lowest BCUT2D eigenvalue weighted by Gasteiger charge is -2.32. The minimum Gasteiger partial charge on any atom is -0.460 e. The highest BCUT2D eigenvalue weighted by Crippen LogP contribution is 2.29. The maximum absolute atomic E-state index is 8.81. The van der Waals surface area contributed by atoms with Gasteiger partial charge in [-0.05, 0) is 82.1 Å². The van der Waals surface area contributed by atoms with E-state index in [1.807, 2.05) is 38.1 Å². The van der Waals surface area contributed by atoms with E-state index >= 15 is 0 Å². The molecule has 0 spiro atoms. The van der Waals surface area contributed by atoms with Gasteiger partial charge in [0.05, 0.1) is 16.6 Å². The first-order chi connectivity index (χ1) is 14.9. The van der Waals surface area contributed by atoms with Crippen molar-refractivity contribution in [3.05, 3.63) is 46.1 Å². The first-order valence-electron chi connectivity index (χ1n) is 11.3. The lowest BCUT2D eigenvalue weighted by atomic mass is 10.0. The van der Waals surface area contributed by atoms with E-state index in [0.29, 0.717) is 16.1 Å². The van der Waals surface area contributed by atoms with Crippen LogP contribution in [0.15, 0.2) is 34.7 Å². The summed E-state index contributed by atoms with van der Waals surface area (Å²) in [6.07, 6.45) is 4.46. The fourth-order valence-electron chi connectivity index (χ4n) is 3.32. The number of furan rings is 1. The Morgan fingerprint density at radius 2 is 1.77 bits per heavy atom. The van der Waals surface area contributed by atoms with Crippen LogP contribution >= 0.6 is 23.2 Å². The van der Waals surface area contributed by atoms with Gasteiger partial charge in [0.2, 0.25) is 0 Å². The second kappa shape index (κ2) is 15.5. The molecular weight excluding hydrogens is 431 g/mol. The SMILES string of the molecule is CC.CC(C)CCN1CCC(NCc2ccc(-c3ccc(Cl)c(Cl)c3)o2)CC1.CC=O. The van der Waals surface area contributed by atoms with E-state index in [9.17, 15) is 0 Å². The van der Waals surface area contributed by atoms with Gasteiger partial charge in [-0.15, -0.1) is 0 Å². The maximum Gasteiger partial charge on any atom is 0.134 e. The van der Waals surface area contributed by atoms with Gasteiger partial charge in [-0.1, -0.05) is 50.9 Å². The number of benzene rings is 1. The van der Waals surface area contributed by atoms with E-state index in [-0.39, 0.29) is 0 Å². The molecule has 0 aliphatic carbocycles. The smallest absolute Gasteiger partial charge is 0.134 e. The number of halogens is 2. The van der Waals surface area contributed by atoms with E-state index in [4.69, 9.17) is 32.4 Å². The molecule has 0 saturated carbocycles. The summed E-state index contributed by atoms with van der Waals surface area (Å²) in [6.45, 7) is 14.4. The van der Waals surface area contributed by atoms with Crippen molar-refractivity contribution < 1.29 is 9.21 Å². The number of likely N-dealkylation sites (tertiary alicyclic amines) is 1. The van der Waals surface area contributed by atoms with Crippen LogP contribution in [0.5, 0.6) is 0 Å². The average molecular weight is 469 g/mol. The third-order valence-corrected chi connectivity index (χ3v) is 5.78. The van der Waals surface area contributed by atoms with E-state index in [0.717, 1.165) is 35.8 Å². The summed E-state index contributed by atoms with van der Waals surface area (Å²) in [4.78, 5) is 11.4. The largest absolute Gasteiger partial charge is 0.460 e. The standard InChI is InChI=1S/C21H28Cl2N2O.C2H4O.C2H6/c1-15(2)7-10-25-11-8-17(9-12-25)24-14-18-4-6-21(26-18)16-3-5-19(22)20(23)13-16;1-2-3;1-2/h3-6,13,15,17,24H,7-12,14H2,1-2H3;2H,1H3;1-2H3. The number of hydrogen-bond donors (Lipinski definition) is 1. The van der Waals surface area contributed by atoms with Crippen LogP contribution < -0.4 is 5.32 Å². The molecule has 0 amide bonds. The van der Waals surface area contributed by atoms with E-state index < -0.39 is 0 Å². The Balaban J connectivity index is 0.000000884. The molecule has 2 aromatic rings. The molecule has 0 bridgehead atoms. The molecule has 1 aromatic carbocycles. The van der Waals surface area contributed by atoms with Gasteiger partial charge < -0.3 is 19.4 Å². The van der Waals surface area contributed by atoms with Crippen LogP contribution in [0.4, 0.5) is 0 Å². The van der Waals surface area contributed by atoms with E-state index in [2.05, 4.69) is 24.1 Å². The number of aldehydes is 1. The van der Waals surface area contributed by atoms with Crippen LogP contribution in [0.2, 0.25) is 10.0 Å². The van der Waals surface area contributed by atoms with Gasteiger partial charge in [0, 0.05) is 11.6 Å². The van der Waals surface area contributed by atoms with Crippen molar-refractivity contribution in [1.29, 1.82) is 0 Å². The van der Waals surface area contributed by atoms with Crippen molar-refractivity contribution in [2.75, 3.05) is 19.6 Å². The van der Waals surface area contributed by atoms with Gasteiger partial charge in [0.1, 0.15) is 17.8 Å². The average Bonchev–Trinajstić information content (AvgIpc) is 3.24. The summed E-state index contributed by atoms with van der Waals surface area (Å²) in [5.74, 6) is 2.56. The molecule has 1 N–H and O–H groups in total. The predicted octanol–water partition coefficient (Wildman–Crippen LogP) is 7.08. The van der Waals surface area contributed by atoms with Gasteiger partial charge >= 0.3 is 0 Å². The first-order valence-corrected chi connectivity index (χ1v) is 12.1. The molecule has 1 fully saturated rings. The molecule has 31 heavy (non-hydrogen) atoms. The molecule has 1 saturated heterocycles. The lowest BCUT2D eigenvalue weighted by molar-refractivity contribution is -0.106. The van der Waals surface area contributed by atoms with Gasteiger partial charge in [-0.2, -0.15) is 0 Å². The Kier molecular flexibility index (Phi) is 13.8.